The van der Waals surface area contributed by atoms with Gasteiger partial charge < -0.3 is 4.90 Å². The first-order valence-electron chi connectivity index (χ1n) is 6.91. The number of aromatic nitrogens is 2. The fraction of sp³-hybridized carbons (Fsp3) is 0.429. The van der Waals surface area contributed by atoms with Gasteiger partial charge in [-0.2, -0.15) is 0 Å². The standard InChI is InChI=1S/C14H16FN3O2S2/c1-9-5-6-11(15)13-10(9)4-3-7-18(13)8-12-16-17-14(21-12)22(2,19)20/h5-6H,3-4,7-8H2,1-2H3. The van der Waals surface area contributed by atoms with Crippen molar-refractivity contribution >= 4 is 26.9 Å². The number of nitrogens with zero attached hydrogens (tertiary/aromatic N) is 3. The van der Waals surface area contributed by atoms with Gasteiger partial charge in [0, 0.05) is 12.8 Å². The molecule has 0 radical (unpaired) electrons. The number of benzene rings is 1. The molecule has 3 rings (SSSR count). The maximum atomic E-state index is 14.2. The number of sulfone groups is 1. The molecule has 5 nitrogen and oxygen atoms in total. The van der Waals surface area contributed by atoms with Crippen LogP contribution in [0.4, 0.5) is 10.1 Å². The molecule has 0 unspecified atom stereocenters. The van der Waals surface area contributed by atoms with Crippen molar-refractivity contribution in [3.8, 4) is 0 Å². The molecular weight excluding hydrogens is 325 g/mol. The summed E-state index contributed by atoms with van der Waals surface area (Å²) in [6.45, 7) is 3.08. The quantitative estimate of drug-likeness (QED) is 0.857. The van der Waals surface area contributed by atoms with Gasteiger partial charge in [0.05, 0.1) is 12.2 Å². The van der Waals surface area contributed by atoms with Crippen LogP contribution in [-0.4, -0.2) is 31.4 Å². The minimum absolute atomic E-state index is 0.00412. The Morgan fingerprint density at radius 2 is 2.14 bits per heavy atom. The Kier molecular flexibility index (Phi) is 3.90. The van der Waals surface area contributed by atoms with E-state index in [2.05, 4.69) is 10.2 Å². The third-order valence-corrected chi connectivity index (χ3v) is 6.31. The van der Waals surface area contributed by atoms with E-state index in [1.54, 1.807) is 6.07 Å². The predicted octanol–water partition coefficient (Wildman–Crippen LogP) is 2.34. The third-order valence-electron chi connectivity index (χ3n) is 3.73. The highest BCUT2D eigenvalue weighted by molar-refractivity contribution is 7.92. The molecule has 0 fully saturated rings. The molecule has 22 heavy (non-hydrogen) atoms. The van der Waals surface area contributed by atoms with Crippen LogP contribution in [0.2, 0.25) is 0 Å². The lowest BCUT2D eigenvalue weighted by atomic mass is 9.96. The van der Waals surface area contributed by atoms with Crippen LogP contribution in [-0.2, 0) is 22.8 Å². The Morgan fingerprint density at radius 3 is 2.82 bits per heavy atom. The second-order valence-electron chi connectivity index (χ2n) is 5.45. The lowest BCUT2D eigenvalue weighted by molar-refractivity contribution is 0.593. The molecule has 0 bridgehead atoms. The van der Waals surface area contributed by atoms with Gasteiger partial charge >= 0.3 is 0 Å². The average molecular weight is 341 g/mol. The summed E-state index contributed by atoms with van der Waals surface area (Å²) in [5, 5.41) is 8.21. The van der Waals surface area contributed by atoms with Gasteiger partial charge in [0.2, 0.25) is 14.2 Å². The highest BCUT2D eigenvalue weighted by atomic mass is 32.2. The molecule has 0 amide bonds. The largest absolute Gasteiger partial charge is 0.362 e. The second-order valence-corrected chi connectivity index (χ2v) is 8.70. The van der Waals surface area contributed by atoms with Crippen molar-refractivity contribution in [1.82, 2.24) is 10.2 Å². The maximum Gasteiger partial charge on any atom is 0.232 e. The van der Waals surface area contributed by atoms with Crippen molar-refractivity contribution in [2.24, 2.45) is 0 Å². The summed E-state index contributed by atoms with van der Waals surface area (Å²) in [5.74, 6) is -0.242. The molecular formula is C14H16FN3O2S2. The second kappa shape index (κ2) is 5.58. The topological polar surface area (TPSA) is 63.2 Å². The van der Waals surface area contributed by atoms with Crippen molar-refractivity contribution < 1.29 is 12.8 Å². The number of anilines is 1. The Balaban J connectivity index is 1.93. The van der Waals surface area contributed by atoms with Crippen LogP contribution in [0.15, 0.2) is 16.5 Å². The van der Waals surface area contributed by atoms with Crippen molar-refractivity contribution in [3.63, 3.8) is 0 Å². The van der Waals surface area contributed by atoms with Gasteiger partial charge in [-0.25, -0.2) is 12.8 Å². The zero-order valence-corrected chi connectivity index (χ0v) is 14.0. The minimum Gasteiger partial charge on any atom is -0.362 e. The smallest absolute Gasteiger partial charge is 0.232 e. The fourth-order valence-electron chi connectivity index (χ4n) is 2.70. The van der Waals surface area contributed by atoms with Crippen LogP contribution in [0.1, 0.15) is 22.6 Å². The monoisotopic (exact) mass is 341 g/mol. The van der Waals surface area contributed by atoms with Crippen LogP contribution in [0, 0.1) is 12.7 Å². The normalized spacial score (nSPS) is 15.0. The van der Waals surface area contributed by atoms with E-state index in [4.69, 9.17) is 0 Å². The molecule has 0 aliphatic carbocycles. The molecule has 8 heteroatoms. The predicted molar refractivity (Wildman–Crippen MR) is 83.5 cm³/mol. The van der Waals surface area contributed by atoms with Gasteiger partial charge in [-0.1, -0.05) is 17.4 Å². The van der Waals surface area contributed by atoms with Crippen molar-refractivity contribution in [2.75, 3.05) is 17.7 Å². The average Bonchev–Trinajstić information content (AvgIpc) is 2.92. The Hall–Kier alpha value is -1.54. The molecule has 2 aromatic rings. The SMILES string of the molecule is Cc1ccc(F)c2c1CCCN2Cc1nnc(S(C)(=O)=O)s1. The molecule has 1 aliphatic rings. The van der Waals surface area contributed by atoms with Crippen LogP contribution in [0.3, 0.4) is 0 Å². The van der Waals surface area contributed by atoms with Gasteiger partial charge in [0.25, 0.3) is 0 Å². The zero-order chi connectivity index (χ0) is 15.9. The molecule has 0 atom stereocenters. The van der Waals surface area contributed by atoms with E-state index in [0.717, 1.165) is 48.1 Å². The molecule has 0 spiro atoms. The number of aryl methyl sites for hydroxylation is 1. The molecule has 1 aliphatic heterocycles. The number of fused-ring (bicyclic) bond motifs is 1. The lowest BCUT2D eigenvalue weighted by Gasteiger charge is -2.31. The number of hydrogen-bond acceptors (Lipinski definition) is 6. The van der Waals surface area contributed by atoms with Crippen LogP contribution >= 0.6 is 11.3 Å². The number of hydrogen-bond donors (Lipinski definition) is 0. The summed E-state index contributed by atoms with van der Waals surface area (Å²) in [5.41, 5.74) is 2.72. The molecule has 1 aromatic carbocycles. The summed E-state index contributed by atoms with van der Waals surface area (Å²) >= 11 is 1.04. The molecule has 118 valence electrons. The van der Waals surface area contributed by atoms with E-state index in [9.17, 15) is 12.8 Å². The van der Waals surface area contributed by atoms with E-state index < -0.39 is 9.84 Å². The summed E-state index contributed by atoms with van der Waals surface area (Å²) in [6, 6.07) is 3.28. The van der Waals surface area contributed by atoms with Gasteiger partial charge in [-0.05, 0) is 37.0 Å². The van der Waals surface area contributed by atoms with Crippen LogP contribution in [0.5, 0.6) is 0 Å². The van der Waals surface area contributed by atoms with Crippen LogP contribution < -0.4 is 4.90 Å². The first-order chi connectivity index (χ1) is 10.4. The van der Waals surface area contributed by atoms with E-state index in [1.807, 2.05) is 11.8 Å². The van der Waals surface area contributed by atoms with E-state index in [1.165, 1.54) is 6.07 Å². The Labute approximate surface area is 132 Å². The lowest BCUT2D eigenvalue weighted by Crippen LogP contribution is -2.30. The van der Waals surface area contributed by atoms with E-state index in [-0.39, 0.29) is 10.2 Å². The first kappa shape index (κ1) is 15.4. The van der Waals surface area contributed by atoms with Crippen molar-refractivity contribution in [3.05, 3.63) is 34.1 Å². The molecule has 0 saturated heterocycles. The molecule has 2 heterocycles. The Morgan fingerprint density at radius 1 is 1.36 bits per heavy atom. The third kappa shape index (κ3) is 2.85. The fourth-order valence-corrected chi connectivity index (χ4v) is 4.37. The van der Waals surface area contributed by atoms with Crippen molar-refractivity contribution in [2.45, 2.75) is 30.6 Å². The summed E-state index contributed by atoms with van der Waals surface area (Å²) in [6.07, 6.45) is 2.91. The molecule has 0 saturated carbocycles. The van der Waals surface area contributed by atoms with Gasteiger partial charge in [-0.3, -0.25) is 0 Å². The minimum atomic E-state index is -3.35. The number of halogens is 1. The highest BCUT2D eigenvalue weighted by Crippen LogP contribution is 2.33. The van der Waals surface area contributed by atoms with Crippen molar-refractivity contribution in [1.29, 1.82) is 0 Å². The zero-order valence-electron chi connectivity index (χ0n) is 12.3. The van der Waals surface area contributed by atoms with E-state index in [0.29, 0.717) is 17.2 Å². The maximum absolute atomic E-state index is 14.2. The summed E-state index contributed by atoms with van der Waals surface area (Å²) < 4.78 is 37.2. The summed E-state index contributed by atoms with van der Waals surface area (Å²) in [4.78, 5) is 1.92. The first-order valence-corrected chi connectivity index (χ1v) is 9.62. The van der Waals surface area contributed by atoms with Gasteiger partial charge in [0.15, 0.2) is 0 Å². The molecule has 0 N–H and O–H groups in total. The van der Waals surface area contributed by atoms with E-state index >= 15 is 0 Å². The number of rotatable bonds is 3. The van der Waals surface area contributed by atoms with Gasteiger partial charge in [-0.15, -0.1) is 10.2 Å². The Bertz CT molecular complexity index is 817. The molecule has 1 aromatic heterocycles. The van der Waals surface area contributed by atoms with Gasteiger partial charge in [0.1, 0.15) is 10.8 Å². The highest BCUT2D eigenvalue weighted by Gasteiger charge is 2.24. The summed E-state index contributed by atoms with van der Waals surface area (Å²) in [7, 11) is -3.35. The van der Waals surface area contributed by atoms with Crippen LogP contribution in [0.25, 0.3) is 0 Å².